The van der Waals surface area contributed by atoms with E-state index >= 15 is 0 Å². The van der Waals surface area contributed by atoms with E-state index in [0.29, 0.717) is 11.3 Å². The van der Waals surface area contributed by atoms with Gasteiger partial charge in [0.05, 0.1) is 0 Å². The van der Waals surface area contributed by atoms with Crippen LogP contribution >= 0.6 is 0 Å². The number of nitrogens with one attached hydrogen (secondary N) is 1. The Kier molecular flexibility index (Phi) is 11.4. The zero-order valence-corrected chi connectivity index (χ0v) is 15.6. The average Bonchev–Trinajstić information content (AvgIpc) is 2.47. The van der Waals surface area contributed by atoms with E-state index in [1.54, 1.807) is 28.1 Å². The second-order valence-electron chi connectivity index (χ2n) is 4.60. The topological polar surface area (TPSA) is 144 Å². The molecule has 2 aromatic rings. The summed E-state index contributed by atoms with van der Waals surface area (Å²) in [6, 6.07) is 17.0. The molecule has 0 atom stereocenters. The van der Waals surface area contributed by atoms with Gasteiger partial charge in [0, 0.05) is 0 Å². The molecule has 0 unspecified atom stereocenters. The summed E-state index contributed by atoms with van der Waals surface area (Å²) in [4.78, 5) is 23.3. The molecule has 0 aliphatic heterocycles. The molecule has 0 aliphatic carbocycles. The standard InChI is InChI=1S/C16H16GeN2O2.3H2O/c1-12(20)18-15-10-8-13(9-11-15)16(21)19(2)17-14-6-4-3-5-7-14;;;/h3-11H,1-2H3,(H,18,20);3*1H2. The van der Waals surface area contributed by atoms with Crippen molar-refractivity contribution in [3.8, 4) is 0 Å². The van der Waals surface area contributed by atoms with Crippen molar-refractivity contribution in [1.82, 2.24) is 3.86 Å². The first kappa shape index (κ1) is 24.1. The van der Waals surface area contributed by atoms with Gasteiger partial charge in [-0.15, -0.1) is 0 Å². The molecule has 2 amide bonds. The normalized spacial score (nSPS) is 8.75. The molecule has 24 heavy (non-hydrogen) atoms. The van der Waals surface area contributed by atoms with E-state index in [1.807, 2.05) is 37.4 Å². The first-order valence-corrected chi connectivity index (χ1v) is 8.52. The Morgan fingerprint density at radius 1 is 0.917 bits per heavy atom. The zero-order chi connectivity index (χ0) is 15.2. The SMILES string of the molecule is CC(=O)Nc1ccc(C(=O)[N](C)[Ge][c]2ccccc2)cc1.O.O.O. The minimum Gasteiger partial charge on any atom is -0.412 e. The summed E-state index contributed by atoms with van der Waals surface area (Å²) in [5.74, 6) is -0.116. The van der Waals surface area contributed by atoms with Crippen molar-refractivity contribution < 1.29 is 26.0 Å². The Morgan fingerprint density at radius 3 is 1.96 bits per heavy atom. The van der Waals surface area contributed by atoms with Crippen LogP contribution in [0, 0.1) is 0 Å². The molecule has 8 heteroatoms. The molecular weight excluding hydrogens is 373 g/mol. The maximum atomic E-state index is 12.4. The molecule has 2 radical (unpaired) electrons. The summed E-state index contributed by atoms with van der Waals surface area (Å²) in [5.41, 5.74) is 1.33. The van der Waals surface area contributed by atoms with Crippen molar-refractivity contribution in [2.24, 2.45) is 0 Å². The molecule has 7 nitrogen and oxygen atoms in total. The molecule has 7 N–H and O–H groups in total. The largest absolute Gasteiger partial charge is 0.412 e. The smallest absolute Gasteiger partial charge is 0.412 e. The van der Waals surface area contributed by atoms with Crippen LogP contribution in [0.5, 0.6) is 0 Å². The van der Waals surface area contributed by atoms with Crippen LogP contribution < -0.4 is 9.71 Å². The predicted molar refractivity (Wildman–Crippen MR) is 95.5 cm³/mol. The molecule has 2 aromatic carbocycles. The number of anilines is 1. The minimum atomic E-state index is -0.657. The third kappa shape index (κ3) is 6.92. The van der Waals surface area contributed by atoms with Crippen LogP contribution in [0.4, 0.5) is 5.69 Å². The van der Waals surface area contributed by atoms with Gasteiger partial charge in [-0.25, -0.2) is 0 Å². The number of benzene rings is 2. The van der Waals surface area contributed by atoms with Gasteiger partial charge in [0.15, 0.2) is 0 Å². The second kappa shape index (κ2) is 11.4. The van der Waals surface area contributed by atoms with Crippen LogP contribution in [0.25, 0.3) is 0 Å². The summed E-state index contributed by atoms with van der Waals surface area (Å²) in [6.45, 7) is 1.46. The van der Waals surface area contributed by atoms with Crippen LogP contribution in [0.15, 0.2) is 54.6 Å². The fraction of sp³-hybridized carbons (Fsp3) is 0.125. The van der Waals surface area contributed by atoms with Gasteiger partial charge in [-0.3, -0.25) is 0 Å². The number of carbonyl (C=O) groups excluding carboxylic acids is 2. The van der Waals surface area contributed by atoms with Crippen molar-refractivity contribution in [3.05, 3.63) is 60.2 Å². The summed E-state index contributed by atoms with van der Waals surface area (Å²) >= 11 is -0.657. The van der Waals surface area contributed by atoms with Gasteiger partial charge >= 0.3 is 130 Å². The van der Waals surface area contributed by atoms with E-state index in [-0.39, 0.29) is 28.2 Å². The predicted octanol–water partition coefficient (Wildman–Crippen LogP) is -0.812. The van der Waals surface area contributed by atoms with Crippen molar-refractivity contribution in [2.45, 2.75) is 6.92 Å². The third-order valence-corrected chi connectivity index (χ3v) is 5.20. The number of carbonyl (C=O) groups is 2. The molecule has 0 fully saturated rings. The second-order valence-corrected chi connectivity index (χ2v) is 7.69. The van der Waals surface area contributed by atoms with E-state index in [4.69, 9.17) is 0 Å². The summed E-state index contributed by atoms with van der Waals surface area (Å²) in [6.07, 6.45) is 0. The summed E-state index contributed by atoms with van der Waals surface area (Å²) in [7, 11) is 1.83. The fourth-order valence-electron chi connectivity index (χ4n) is 1.85. The summed E-state index contributed by atoms with van der Waals surface area (Å²) in [5, 5.41) is 2.68. The quantitative estimate of drug-likeness (QED) is 0.676. The molecule has 0 saturated carbocycles. The Bertz CT molecular complexity index is 635. The third-order valence-electron chi connectivity index (χ3n) is 2.83. The molecule has 0 spiro atoms. The minimum absolute atomic E-state index is 0. The van der Waals surface area contributed by atoms with Gasteiger partial charge in [-0.05, 0) is 0 Å². The first-order valence-electron chi connectivity index (χ1n) is 6.53. The molecule has 0 bridgehead atoms. The van der Waals surface area contributed by atoms with E-state index in [9.17, 15) is 9.59 Å². The number of amides is 2. The van der Waals surface area contributed by atoms with Crippen molar-refractivity contribution in [1.29, 1.82) is 0 Å². The van der Waals surface area contributed by atoms with Gasteiger partial charge in [0.25, 0.3) is 0 Å². The monoisotopic (exact) mass is 396 g/mol. The van der Waals surface area contributed by atoms with E-state index in [1.165, 1.54) is 11.3 Å². The Balaban J connectivity index is 0. The molecule has 130 valence electrons. The number of hydrogen-bond acceptors (Lipinski definition) is 2. The van der Waals surface area contributed by atoms with Crippen molar-refractivity contribution in [3.63, 3.8) is 0 Å². The Hall–Kier alpha value is -2.20. The summed E-state index contributed by atoms with van der Waals surface area (Å²) < 4.78 is 3.01. The van der Waals surface area contributed by atoms with Crippen LogP contribution in [-0.4, -0.2) is 54.8 Å². The van der Waals surface area contributed by atoms with Crippen LogP contribution in [0.1, 0.15) is 17.3 Å². The molecule has 0 heterocycles. The van der Waals surface area contributed by atoms with Crippen molar-refractivity contribution >= 4 is 37.6 Å². The maximum absolute atomic E-state index is 12.4. The first-order chi connectivity index (χ1) is 10.1. The molecule has 2 rings (SSSR count). The molecular formula is C16H22GeN2O5. The number of nitrogens with zero attached hydrogens (tertiary/aromatic N) is 1. The fourth-order valence-corrected chi connectivity index (χ4v) is 3.86. The van der Waals surface area contributed by atoms with Crippen LogP contribution in [0.2, 0.25) is 0 Å². The van der Waals surface area contributed by atoms with Gasteiger partial charge < -0.3 is 16.4 Å². The van der Waals surface area contributed by atoms with Crippen LogP contribution in [0.3, 0.4) is 0 Å². The Labute approximate surface area is 147 Å². The van der Waals surface area contributed by atoms with Gasteiger partial charge in [0.2, 0.25) is 0 Å². The van der Waals surface area contributed by atoms with Gasteiger partial charge in [-0.1, -0.05) is 0 Å². The Morgan fingerprint density at radius 2 is 1.46 bits per heavy atom. The maximum Gasteiger partial charge on any atom is -0.412 e. The van der Waals surface area contributed by atoms with E-state index < -0.39 is 15.7 Å². The number of hydrogen-bond donors (Lipinski definition) is 1. The van der Waals surface area contributed by atoms with Crippen molar-refractivity contribution in [2.75, 3.05) is 12.4 Å². The number of rotatable bonds is 4. The van der Waals surface area contributed by atoms with E-state index in [0.717, 1.165) is 0 Å². The molecule has 0 aliphatic rings. The molecule has 0 saturated heterocycles. The average molecular weight is 395 g/mol. The zero-order valence-electron chi connectivity index (χ0n) is 13.5. The van der Waals surface area contributed by atoms with Gasteiger partial charge in [-0.2, -0.15) is 0 Å². The van der Waals surface area contributed by atoms with Crippen LogP contribution in [-0.2, 0) is 4.79 Å². The van der Waals surface area contributed by atoms with E-state index in [2.05, 4.69) is 5.32 Å². The van der Waals surface area contributed by atoms with Gasteiger partial charge in [0.1, 0.15) is 0 Å². The molecule has 0 aromatic heterocycles.